The lowest BCUT2D eigenvalue weighted by Crippen LogP contribution is -2.41. The molecule has 0 atom stereocenters. The van der Waals surface area contributed by atoms with E-state index >= 15 is 0 Å². The molecule has 132 valence electrons. The van der Waals surface area contributed by atoms with Crippen molar-refractivity contribution < 1.29 is 33.4 Å². The van der Waals surface area contributed by atoms with Gasteiger partial charge in [-0.3, -0.25) is 10.1 Å². The molecule has 0 spiro atoms. The van der Waals surface area contributed by atoms with Crippen LogP contribution in [0.1, 0.15) is 16.1 Å². The van der Waals surface area contributed by atoms with Crippen LogP contribution in [-0.4, -0.2) is 36.7 Å². The third-order valence-electron chi connectivity index (χ3n) is 3.03. The molecule has 0 unspecified atom stereocenters. The average molecular weight is 348 g/mol. The van der Waals surface area contributed by atoms with Gasteiger partial charge in [-0.15, -0.1) is 0 Å². The van der Waals surface area contributed by atoms with Gasteiger partial charge in [0.05, 0.1) is 19.9 Å². The summed E-state index contributed by atoms with van der Waals surface area (Å²) in [5, 5.41) is 14.2. The topological polar surface area (TPSA) is 127 Å². The number of amides is 3. The molecule has 0 aliphatic rings. The van der Waals surface area contributed by atoms with Crippen molar-refractivity contribution in [1.29, 1.82) is 0 Å². The highest BCUT2D eigenvalue weighted by Gasteiger charge is 2.18. The molecule has 0 aliphatic heterocycles. The Labute approximate surface area is 142 Å². The third kappa shape index (κ3) is 4.99. The predicted molar refractivity (Wildman–Crippen MR) is 84.0 cm³/mol. The van der Waals surface area contributed by atoms with E-state index in [-0.39, 0.29) is 17.9 Å². The average Bonchev–Trinajstić information content (AvgIpc) is 3.11. The van der Waals surface area contributed by atoms with E-state index in [1.165, 1.54) is 31.6 Å². The minimum Gasteiger partial charge on any atom is -0.504 e. The van der Waals surface area contributed by atoms with Crippen LogP contribution < -0.4 is 15.4 Å². The number of imide groups is 1. The molecule has 0 fully saturated rings. The second kappa shape index (κ2) is 8.39. The second-order valence-corrected chi connectivity index (χ2v) is 4.74. The Balaban J connectivity index is 1.79. The van der Waals surface area contributed by atoms with Crippen molar-refractivity contribution >= 4 is 17.9 Å². The maximum Gasteiger partial charge on any atom is 0.342 e. The number of carbonyl (C=O) groups excluding carboxylic acids is 3. The van der Waals surface area contributed by atoms with Gasteiger partial charge in [-0.05, 0) is 24.3 Å². The first-order chi connectivity index (χ1) is 12.0. The minimum absolute atomic E-state index is 0.0937. The number of esters is 1. The van der Waals surface area contributed by atoms with Gasteiger partial charge in [0.15, 0.2) is 18.1 Å². The first kappa shape index (κ1) is 17.9. The number of rotatable bonds is 6. The zero-order valence-corrected chi connectivity index (χ0v) is 13.3. The molecule has 0 bridgehead atoms. The van der Waals surface area contributed by atoms with Crippen LogP contribution in [-0.2, 0) is 16.1 Å². The summed E-state index contributed by atoms with van der Waals surface area (Å²) in [4.78, 5) is 35.0. The van der Waals surface area contributed by atoms with Crippen molar-refractivity contribution in [2.24, 2.45) is 0 Å². The Kier molecular flexibility index (Phi) is 5.99. The molecule has 0 saturated carbocycles. The molecule has 0 saturated heterocycles. The second-order valence-electron chi connectivity index (χ2n) is 4.74. The van der Waals surface area contributed by atoms with E-state index in [0.717, 1.165) is 0 Å². The summed E-state index contributed by atoms with van der Waals surface area (Å²) < 4.78 is 14.6. The van der Waals surface area contributed by atoms with Crippen molar-refractivity contribution in [3.8, 4) is 11.5 Å². The summed E-state index contributed by atoms with van der Waals surface area (Å²) >= 11 is 0. The van der Waals surface area contributed by atoms with Gasteiger partial charge in [0.1, 0.15) is 11.3 Å². The molecule has 1 heterocycles. The molecule has 3 amide bonds. The number of nitrogens with one attached hydrogen (secondary N) is 2. The van der Waals surface area contributed by atoms with Crippen LogP contribution in [0, 0.1) is 0 Å². The number of urea groups is 1. The summed E-state index contributed by atoms with van der Waals surface area (Å²) in [6.45, 7) is -0.590. The van der Waals surface area contributed by atoms with Crippen LogP contribution >= 0.6 is 0 Å². The quantitative estimate of drug-likeness (QED) is 0.669. The fraction of sp³-hybridized carbons (Fsp3) is 0.188. The lowest BCUT2D eigenvalue weighted by atomic mass is 10.2. The van der Waals surface area contributed by atoms with Crippen LogP contribution in [0.4, 0.5) is 4.79 Å². The lowest BCUT2D eigenvalue weighted by Gasteiger charge is -2.09. The van der Waals surface area contributed by atoms with Crippen molar-refractivity contribution in [3.05, 3.63) is 47.9 Å². The number of hydrogen-bond donors (Lipinski definition) is 3. The maximum absolute atomic E-state index is 11.9. The summed E-state index contributed by atoms with van der Waals surface area (Å²) in [7, 11) is 1.33. The van der Waals surface area contributed by atoms with E-state index in [4.69, 9.17) is 13.9 Å². The zero-order chi connectivity index (χ0) is 18.2. The van der Waals surface area contributed by atoms with Crippen LogP contribution in [0.3, 0.4) is 0 Å². The molecule has 1 aromatic heterocycles. The highest BCUT2D eigenvalue weighted by atomic mass is 16.5. The van der Waals surface area contributed by atoms with Gasteiger partial charge in [-0.1, -0.05) is 6.07 Å². The standard InChI is InChI=1S/C16H16N2O7/c1-23-12-6-2-5-11(14(12)20)15(21)25-9-13(19)18-16(22)17-8-10-4-3-7-24-10/h2-7,20H,8-9H2,1H3,(H2,17,18,19,22). The Hall–Kier alpha value is -3.49. The number of phenolic OH excluding ortho intramolecular Hbond substituents is 1. The Morgan fingerprint density at radius 1 is 1.20 bits per heavy atom. The number of para-hydroxylation sites is 1. The van der Waals surface area contributed by atoms with Crippen molar-refractivity contribution in [2.75, 3.05) is 13.7 Å². The number of aromatic hydroxyl groups is 1. The lowest BCUT2D eigenvalue weighted by molar-refractivity contribution is -0.123. The van der Waals surface area contributed by atoms with Crippen molar-refractivity contribution in [3.63, 3.8) is 0 Å². The van der Waals surface area contributed by atoms with E-state index < -0.39 is 30.3 Å². The number of benzene rings is 1. The smallest absolute Gasteiger partial charge is 0.342 e. The minimum atomic E-state index is -0.928. The summed E-state index contributed by atoms with van der Waals surface area (Å²) in [5.74, 6) is -1.54. The van der Waals surface area contributed by atoms with Crippen molar-refractivity contribution in [1.82, 2.24) is 10.6 Å². The molecule has 0 aliphatic carbocycles. The Bertz CT molecular complexity index is 756. The summed E-state index contributed by atoms with van der Waals surface area (Å²) in [6, 6.07) is 6.81. The van der Waals surface area contributed by atoms with Gasteiger partial charge in [0.25, 0.3) is 5.91 Å². The van der Waals surface area contributed by atoms with E-state index in [1.807, 2.05) is 5.32 Å². The van der Waals surface area contributed by atoms with Gasteiger partial charge in [0, 0.05) is 0 Å². The maximum atomic E-state index is 11.9. The number of carbonyl (C=O) groups is 3. The number of hydrogen-bond acceptors (Lipinski definition) is 7. The highest BCUT2D eigenvalue weighted by molar-refractivity contribution is 5.98. The molecule has 1 aromatic carbocycles. The van der Waals surface area contributed by atoms with Crippen molar-refractivity contribution in [2.45, 2.75) is 6.54 Å². The van der Waals surface area contributed by atoms with E-state index in [9.17, 15) is 19.5 Å². The fourth-order valence-electron chi connectivity index (χ4n) is 1.85. The van der Waals surface area contributed by atoms with E-state index in [2.05, 4.69) is 5.32 Å². The molecule has 2 aromatic rings. The van der Waals surface area contributed by atoms with Gasteiger partial charge >= 0.3 is 12.0 Å². The van der Waals surface area contributed by atoms with E-state index in [1.54, 1.807) is 12.1 Å². The number of furan rings is 1. The van der Waals surface area contributed by atoms with Crippen LogP contribution in [0.25, 0.3) is 0 Å². The third-order valence-corrected chi connectivity index (χ3v) is 3.03. The largest absolute Gasteiger partial charge is 0.504 e. The normalized spacial score (nSPS) is 9.96. The van der Waals surface area contributed by atoms with Gasteiger partial charge in [0.2, 0.25) is 0 Å². The molecule has 9 heteroatoms. The molecule has 25 heavy (non-hydrogen) atoms. The van der Waals surface area contributed by atoms with E-state index in [0.29, 0.717) is 5.76 Å². The molecule has 0 radical (unpaired) electrons. The van der Waals surface area contributed by atoms with Gasteiger partial charge in [-0.25, -0.2) is 9.59 Å². The molecule has 2 rings (SSSR count). The number of phenols is 1. The van der Waals surface area contributed by atoms with Gasteiger partial charge < -0.3 is 24.3 Å². The summed E-state index contributed by atoms with van der Waals surface area (Å²) in [5.41, 5.74) is -0.158. The molecular weight excluding hydrogens is 332 g/mol. The fourth-order valence-corrected chi connectivity index (χ4v) is 1.85. The first-order valence-corrected chi connectivity index (χ1v) is 7.14. The van der Waals surface area contributed by atoms with Crippen LogP contribution in [0.15, 0.2) is 41.0 Å². The molecule has 9 nitrogen and oxygen atoms in total. The Morgan fingerprint density at radius 2 is 2.00 bits per heavy atom. The van der Waals surface area contributed by atoms with Crippen LogP contribution in [0.2, 0.25) is 0 Å². The zero-order valence-electron chi connectivity index (χ0n) is 13.3. The molecule has 3 N–H and O–H groups in total. The highest BCUT2D eigenvalue weighted by Crippen LogP contribution is 2.29. The van der Waals surface area contributed by atoms with Crippen LogP contribution in [0.5, 0.6) is 11.5 Å². The number of ether oxygens (including phenoxy) is 2. The SMILES string of the molecule is COc1cccc(C(=O)OCC(=O)NC(=O)NCc2ccco2)c1O. The predicted octanol–water partition coefficient (Wildman–Crippen LogP) is 1.18. The summed E-state index contributed by atoms with van der Waals surface area (Å²) in [6.07, 6.45) is 1.45. The monoisotopic (exact) mass is 348 g/mol. The molecular formula is C16H16N2O7. The van der Waals surface area contributed by atoms with Gasteiger partial charge in [-0.2, -0.15) is 0 Å². The number of methoxy groups -OCH3 is 1. The Morgan fingerprint density at radius 3 is 2.68 bits per heavy atom. The first-order valence-electron chi connectivity index (χ1n) is 7.14.